The Balaban J connectivity index is 2.36. The fraction of sp³-hybridized carbons (Fsp3) is 0.471. The molecule has 0 N–H and O–H groups in total. The van der Waals surface area contributed by atoms with Gasteiger partial charge in [-0.1, -0.05) is 23.8 Å². The Labute approximate surface area is 154 Å². The van der Waals surface area contributed by atoms with Crippen LogP contribution in [0.3, 0.4) is 0 Å². The lowest BCUT2D eigenvalue weighted by Gasteiger charge is -2.27. The van der Waals surface area contributed by atoms with Crippen LogP contribution < -0.4 is 0 Å². The van der Waals surface area contributed by atoms with Gasteiger partial charge >= 0.3 is 0 Å². The molecular formula is C17H23ClN2O4S. The molecule has 25 heavy (non-hydrogen) atoms. The molecule has 1 amide bonds. The first-order valence-electron chi connectivity index (χ1n) is 8.08. The number of amides is 1. The third kappa shape index (κ3) is 4.61. The molecule has 0 bridgehead atoms. The molecule has 1 heterocycles. The summed E-state index contributed by atoms with van der Waals surface area (Å²) in [7, 11) is -3.77. The van der Waals surface area contributed by atoms with Gasteiger partial charge in [0, 0.05) is 31.7 Å². The second-order valence-electron chi connectivity index (χ2n) is 5.94. The van der Waals surface area contributed by atoms with Crippen LogP contribution in [0.2, 0.25) is 5.02 Å². The van der Waals surface area contributed by atoms with Crippen molar-refractivity contribution in [2.75, 3.05) is 39.4 Å². The standard InChI is InChI=1S/C17H23ClN2O4S/c1-4-19(12-13(2)3)17(21)14-5-6-15(18)16(11-14)25(22,23)20-7-9-24-10-8-20/h5-6,11H,2,4,7-10,12H2,1,3H3. The normalized spacial score (nSPS) is 15.8. The molecule has 0 spiro atoms. The molecule has 0 atom stereocenters. The molecule has 1 aliphatic rings. The van der Waals surface area contributed by atoms with E-state index in [9.17, 15) is 13.2 Å². The van der Waals surface area contributed by atoms with Gasteiger partial charge in [0.1, 0.15) is 4.90 Å². The van der Waals surface area contributed by atoms with Crippen molar-refractivity contribution in [2.45, 2.75) is 18.7 Å². The lowest BCUT2D eigenvalue weighted by molar-refractivity contribution is 0.0730. The van der Waals surface area contributed by atoms with Crippen LogP contribution in [0.15, 0.2) is 35.2 Å². The van der Waals surface area contributed by atoms with Crippen LogP contribution in [0.25, 0.3) is 0 Å². The highest BCUT2D eigenvalue weighted by Crippen LogP contribution is 2.27. The summed E-state index contributed by atoms with van der Waals surface area (Å²) in [4.78, 5) is 14.3. The predicted octanol–water partition coefficient (Wildman–Crippen LogP) is 2.40. The van der Waals surface area contributed by atoms with Crippen molar-refractivity contribution < 1.29 is 17.9 Å². The Morgan fingerprint density at radius 1 is 1.36 bits per heavy atom. The van der Waals surface area contributed by atoms with Gasteiger partial charge in [-0.15, -0.1) is 0 Å². The van der Waals surface area contributed by atoms with Gasteiger partial charge in [0.2, 0.25) is 10.0 Å². The second kappa shape index (κ2) is 8.31. The number of rotatable bonds is 6. The predicted molar refractivity (Wildman–Crippen MR) is 97.4 cm³/mol. The minimum absolute atomic E-state index is 0.0479. The number of benzene rings is 1. The average Bonchev–Trinajstić information content (AvgIpc) is 2.60. The van der Waals surface area contributed by atoms with Crippen molar-refractivity contribution in [2.24, 2.45) is 0 Å². The van der Waals surface area contributed by atoms with Crippen LogP contribution in [0.4, 0.5) is 0 Å². The third-order valence-corrected chi connectivity index (χ3v) is 6.28. The molecule has 6 nitrogen and oxygen atoms in total. The third-order valence-electron chi connectivity index (χ3n) is 3.90. The molecule has 1 saturated heterocycles. The van der Waals surface area contributed by atoms with Crippen LogP contribution >= 0.6 is 11.6 Å². The largest absolute Gasteiger partial charge is 0.379 e. The molecule has 0 radical (unpaired) electrons. The SMILES string of the molecule is C=C(C)CN(CC)C(=O)c1ccc(Cl)c(S(=O)(=O)N2CCOCC2)c1. The van der Waals surface area contributed by atoms with Crippen molar-refractivity contribution in [1.82, 2.24) is 9.21 Å². The number of nitrogens with zero attached hydrogens (tertiary/aromatic N) is 2. The van der Waals surface area contributed by atoms with Crippen LogP contribution in [0, 0.1) is 0 Å². The lowest BCUT2D eigenvalue weighted by atomic mass is 10.2. The maximum Gasteiger partial charge on any atom is 0.254 e. The van der Waals surface area contributed by atoms with E-state index in [0.29, 0.717) is 31.9 Å². The fourth-order valence-corrected chi connectivity index (χ4v) is 4.50. The van der Waals surface area contributed by atoms with Crippen molar-refractivity contribution in [3.8, 4) is 0 Å². The Bertz CT molecular complexity index is 758. The summed E-state index contributed by atoms with van der Waals surface area (Å²) in [5.74, 6) is -0.249. The maximum absolute atomic E-state index is 12.8. The number of sulfonamides is 1. The molecule has 2 rings (SSSR count). The van der Waals surface area contributed by atoms with E-state index < -0.39 is 10.0 Å². The average molecular weight is 387 g/mol. The van der Waals surface area contributed by atoms with E-state index in [0.717, 1.165) is 5.57 Å². The summed E-state index contributed by atoms with van der Waals surface area (Å²) in [5.41, 5.74) is 1.14. The van der Waals surface area contributed by atoms with E-state index >= 15 is 0 Å². The minimum Gasteiger partial charge on any atom is -0.379 e. The van der Waals surface area contributed by atoms with Gasteiger partial charge in [-0.3, -0.25) is 4.79 Å². The molecule has 1 fully saturated rings. The Kier molecular flexibility index (Phi) is 6.62. The summed E-state index contributed by atoms with van der Waals surface area (Å²) in [6, 6.07) is 4.36. The van der Waals surface area contributed by atoms with E-state index in [1.807, 2.05) is 13.8 Å². The zero-order valence-corrected chi connectivity index (χ0v) is 16.1. The first-order chi connectivity index (χ1) is 11.8. The number of likely N-dealkylation sites (N-methyl/N-ethyl adjacent to an activating group) is 1. The number of morpholine rings is 1. The van der Waals surface area contributed by atoms with Gasteiger partial charge in [0.25, 0.3) is 5.91 Å². The Morgan fingerprint density at radius 3 is 2.56 bits per heavy atom. The van der Waals surface area contributed by atoms with Crippen molar-refractivity contribution in [3.05, 3.63) is 40.9 Å². The topological polar surface area (TPSA) is 66.9 Å². The number of ether oxygens (including phenoxy) is 1. The molecule has 1 aromatic carbocycles. The van der Waals surface area contributed by atoms with E-state index in [1.54, 1.807) is 11.0 Å². The Morgan fingerprint density at radius 2 is 2.00 bits per heavy atom. The zero-order valence-electron chi connectivity index (χ0n) is 14.5. The first-order valence-corrected chi connectivity index (χ1v) is 9.90. The molecule has 0 unspecified atom stereocenters. The smallest absolute Gasteiger partial charge is 0.254 e. The summed E-state index contributed by atoms with van der Waals surface area (Å²) in [5, 5.41) is 0.103. The van der Waals surface area contributed by atoms with Gasteiger partial charge < -0.3 is 9.64 Å². The molecule has 1 aromatic rings. The molecular weight excluding hydrogens is 364 g/mol. The Hall–Kier alpha value is -1.41. The van der Waals surface area contributed by atoms with E-state index in [1.165, 1.54) is 16.4 Å². The molecule has 0 saturated carbocycles. The quantitative estimate of drug-likeness (QED) is 0.704. The summed E-state index contributed by atoms with van der Waals surface area (Å²) >= 11 is 6.13. The zero-order chi connectivity index (χ0) is 18.6. The summed E-state index contributed by atoms with van der Waals surface area (Å²) in [6.07, 6.45) is 0. The van der Waals surface area contributed by atoms with Gasteiger partial charge in [0.05, 0.1) is 18.2 Å². The van der Waals surface area contributed by atoms with Crippen molar-refractivity contribution in [1.29, 1.82) is 0 Å². The monoisotopic (exact) mass is 386 g/mol. The number of hydrogen-bond acceptors (Lipinski definition) is 4. The van der Waals surface area contributed by atoms with Crippen molar-refractivity contribution in [3.63, 3.8) is 0 Å². The number of carbonyl (C=O) groups is 1. The number of carbonyl (C=O) groups excluding carboxylic acids is 1. The van der Waals surface area contributed by atoms with E-state index in [-0.39, 0.29) is 28.9 Å². The van der Waals surface area contributed by atoms with Gasteiger partial charge in [-0.2, -0.15) is 4.31 Å². The molecule has 8 heteroatoms. The summed E-state index contributed by atoms with van der Waals surface area (Å²) < 4.78 is 32.2. The molecule has 0 aliphatic carbocycles. The number of hydrogen-bond donors (Lipinski definition) is 0. The van der Waals surface area contributed by atoms with E-state index in [4.69, 9.17) is 16.3 Å². The highest BCUT2D eigenvalue weighted by molar-refractivity contribution is 7.89. The van der Waals surface area contributed by atoms with E-state index in [2.05, 4.69) is 6.58 Å². The second-order valence-corrected chi connectivity index (χ2v) is 8.25. The fourth-order valence-electron chi connectivity index (χ4n) is 2.60. The summed E-state index contributed by atoms with van der Waals surface area (Å²) in [6.45, 7) is 9.68. The van der Waals surface area contributed by atoms with Gasteiger partial charge in [-0.05, 0) is 32.0 Å². The van der Waals surface area contributed by atoms with Gasteiger partial charge in [0.15, 0.2) is 0 Å². The highest BCUT2D eigenvalue weighted by atomic mass is 35.5. The highest BCUT2D eigenvalue weighted by Gasteiger charge is 2.29. The van der Waals surface area contributed by atoms with Crippen molar-refractivity contribution >= 4 is 27.5 Å². The lowest BCUT2D eigenvalue weighted by Crippen LogP contribution is -2.40. The van der Waals surface area contributed by atoms with Crippen LogP contribution in [-0.2, 0) is 14.8 Å². The van der Waals surface area contributed by atoms with Crippen LogP contribution in [0.5, 0.6) is 0 Å². The van der Waals surface area contributed by atoms with Crippen LogP contribution in [-0.4, -0.2) is 62.9 Å². The van der Waals surface area contributed by atoms with Gasteiger partial charge in [-0.25, -0.2) is 8.42 Å². The molecule has 0 aromatic heterocycles. The molecule has 138 valence electrons. The van der Waals surface area contributed by atoms with Crippen LogP contribution in [0.1, 0.15) is 24.2 Å². The maximum atomic E-state index is 12.8. The first kappa shape index (κ1) is 19.9. The number of halogens is 1. The molecule has 1 aliphatic heterocycles. The minimum atomic E-state index is -3.77.